The number of thioether (sulfide) groups is 1. The van der Waals surface area contributed by atoms with Crippen molar-refractivity contribution in [2.45, 2.75) is 10.9 Å². The number of H-pyrrole nitrogens is 1. The molecule has 0 fully saturated rings. The van der Waals surface area contributed by atoms with Crippen LogP contribution in [-0.2, 0) is 11.3 Å². The molecule has 3 aromatic rings. The van der Waals surface area contributed by atoms with E-state index in [1.165, 1.54) is 35.2 Å². The molecule has 24 heavy (non-hydrogen) atoms. The second-order valence-electron chi connectivity index (χ2n) is 4.75. The van der Waals surface area contributed by atoms with Crippen LogP contribution in [0.4, 0.5) is 9.52 Å². The molecular formula is C14H13FN6OS2. The first-order chi connectivity index (χ1) is 11.6. The minimum Gasteiger partial charge on any atom is -0.374 e. The SMILES string of the molecule is Nc1nnc(SCC(=O)NCc2cn[nH]c2-c2ccc(F)cc2)s1. The van der Waals surface area contributed by atoms with Gasteiger partial charge in [0.05, 0.1) is 17.6 Å². The lowest BCUT2D eigenvalue weighted by atomic mass is 10.1. The van der Waals surface area contributed by atoms with Gasteiger partial charge in [-0.05, 0) is 24.3 Å². The predicted molar refractivity (Wildman–Crippen MR) is 90.9 cm³/mol. The molecule has 7 nitrogen and oxygen atoms in total. The van der Waals surface area contributed by atoms with E-state index in [0.717, 1.165) is 16.8 Å². The number of nitrogen functional groups attached to an aromatic ring is 1. The number of nitrogens with two attached hydrogens (primary N) is 1. The number of carbonyl (C=O) groups is 1. The van der Waals surface area contributed by atoms with Gasteiger partial charge in [0.1, 0.15) is 5.82 Å². The molecule has 0 spiro atoms. The zero-order valence-corrected chi connectivity index (χ0v) is 14.0. The van der Waals surface area contributed by atoms with Crippen LogP contribution in [0.2, 0.25) is 0 Å². The van der Waals surface area contributed by atoms with Gasteiger partial charge in [-0.1, -0.05) is 23.1 Å². The largest absolute Gasteiger partial charge is 0.374 e. The molecule has 2 aromatic heterocycles. The van der Waals surface area contributed by atoms with E-state index < -0.39 is 0 Å². The van der Waals surface area contributed by atoms with E-state index in [4.69, 9.17) is 5.73 Å². The third kappa shape index (κ3) is 4.09. The minimum absolute atomic E-state index is 0.139. The highest BCUT2D eigenvalue weighted by Gasteiger charge is 2.11. The Morgan fingerprint density at radius 3 is 2.83 bits per heavy atom. The van der Waals surface area contributed by atoms with Gasteiger partial charge in [0.2, 0.25) is 11.0 Å². The number of hydrogen-bond donors (Lipinski definition) is 3. The van der Waals surface area contributed by atoms with E-state index in [1.54, 1.807) is 18.3 Å². The summed E-state index contributed by atoms with van der Waals surface area (Å²) in [5.74, 6) is -0.222. The van der Waals surface area contributed by atoms with Crippen LogP contribution in [0.5, 0.6) is 0 Å². The first-order valence-corrected chi connectivity index (χ1v) is 8.68. The molecule has 0 bridgehead atoms. The van der Waals surface area contributed by atoms with Crippen LogP contribution in [0.15, 0.2) is 34.8 Å². The Balaban J connectivity index is 1.56. The van der Waals surface area contributed by atoms with Gasteiger partial charge in [-0.25, -0.2) is 4.39 Å². The monoisotopic (exact) mass is 364 g/mol. The lowest BCUT2D eigenvalue weighted by Crippen LogP contribution is -2.24. The van der Waals surface area contributed by atoms with Crippen LogP contribution in [-0.4, -0.2) is 32.1 Å². The molecule has 1 aromatic carbocycles. The van der Waals surface area contributed by atoms with E-state index in [-0.39, 0.29) is 17.5 Å². The molecule has 4 N–H and O–H groups in total. The lowest BCUT2D eigenvalue weighted by Gasteiger charge is -2.05. The Labute approximate surface area is 144 Å². The van der Waals surface area contributed by atoms with Crippen LogP contribution in [0.25, 0.3) is 11.3 Å². The van der Waals surface area contributed by atoms with Gasteiger partial charge >= 0.3 is 0 Å². The van der Waals surface area contributed by atoms with Crippen molar-refractivity contribution in [3.63, 3.8) is 0 Å². The van der Waals surface area contributed by atoms with Crippen LogP contribution < -0.4 is 11.1 Å². The summed E-state index contributed by atoms with van der Waals surface area (Å²) in [5.41, 5.74) is 7.86. The van der Waals surface area contributed by atoms with Crippen LogP contribution in [0.1, 0.15) is 5.56 Å². The van der Waals surface area contributed by atoms with Crippen molar-refractivity contribution < 1.29 is 9.18 Å². The Morgan fingerprint density at radius 1 is 1.33 bits per heavy atom. The summed E-state index contributed by atoms with van der Waals surface area (Å²) in [6, 6.07) is 6.07. The number of rotatable bonds is 6. The van der Waals surface area contributed by atoms with E-state index in [1.807, 2.05) is 0 Å². The molecule has 0 radical (unpaired) electrons. The predicted octanol–water partition coefficient (Wildman–Crippen LogP) is 2.06. The minimum atomic E-state index is -0.303. The summed E-state index contributed by atoms with van der Waals surface area (Å²) in [5, 5.41) is 17.6. The van der Waals surface area contributed by atoms with Crippen LogP contribution >= 0.6 is 23.1 Å². The molecule has 0 aliphatic heterocycles. The highest BCUT2D eigenvalue weighted by atomic mass is 32.2. The van der Waals surface area contributed by atoms with Crippen molar-refractivity contribution in [1.29, 1.82) is 0 Å². The molecule has 124 valence electrons. The van der Waals surface area contributed by atoms with E-state index in [0.29, 0.717) is 16.0 Å². The fraction of sp³-hybridized carbons (Fsp3) is 0.143. The fourth-order valence-electron chi connectivity index (χ4n) is 1.96. The number of anilines is 1. The third-order valence-corrected chi connectivity index (χ3v) is 4.96. The van der Waals surface area contributed by atoms with Crippen LogP contribution in [0.3, 0.4) is 0 Å². The van der Waals surface area contributed by atoms with Gasteiger partial charge in [0.25, 0.3) is 0 Å². The summed E-state index contributed by atoms with van der Waals surface area (Å²) in [6.45, 7) is 0.320. The number of halogens is 1. The maximum absolute atomic E-state index is 13.0. The molecule has 2 heterocycles. The summed E-state index contributed by atoms with van der Waals surface area (Å²) >= 11 is 2.52. The number of carbonyl (C=O) groups excluding carboxylic acids is 1. The molecule has 10 heteroatoms. The normalized spacial score (nSPS) is 10.7. The zero-order chi connectivity index (χ0) is 16.9. The Bertz CT molecular complexity index is 832. The van der Waals surface area contributed by atoms with Crippen molar-refractivity contribution in [3.8, 4) is 11.3 Å². The Hall–Kier alpha value is -2.46. The number of amides is 1. The van der Waals surface area contributed by atoms with Crippen molar-refractivity contribution in [2.24, 2.45) is 0 Å². The summed E-state index contributed by atoms with van der Waals surface area (Å²) in [6.07, 6.45) is 1.64. The number of nitrogens with zero attached hydrogens (tertiary/aromatic N) is 3. The molecule has 0 aliphatic rings. The molecular weight excluding hydrogens is 351 g/mol. The maximum Gasteiger partial charge on any atom is 0.230 e. The van der Waals surface area contributed by atoms with Crippen LogP contribution in [0, 0.1) is 5.82 Å². The molecule has 0 atom stereocenters. The standard InChI is InChI=1S/C14H13FN6OS2/c15-10-3-1-8(2-4-10)12-9(6-18-19-12)5-17-11(22)7-23-14-21-20-13(16)24-14/h1-4,6H,5,7H2,(H2,16,20)(H,17,22)(H,18,19). The van der Waals surface area contributed by atoms with E-state index in [9.17, 15) is 9.18 Å². The highest BCUT2D eigenvalue weighted by molar-refractivity contribution is 8.01. The van der Waals surface area contributed by atoms with Gasteiger partial charge in [0, 0.05) is 17.7 Å². The average molecular weight is 364 g/mol. The topological polar surface area (TPSA) is 110 Å². The second-order valence-corrected chi connectivity index (χ2v) is 6.98. The number of aromatic nitrogens is 4. The number of nitrogens with one attached hydrogen (secondary N) is 2. The Kier molecular flexibility index (Phi) is 5.06. The maximum atomic E-state index is 13.0. The van der Waals surface area contributed by atoms with Gasteiger partial charge in [-0.2, -0.15) is 5.10 Å². The van der Waals surface area contributed by atoms with Gasteiger partial charge < -0.3 is 11.1 Å². The van der Waals surface area contributed by atoms with E-state index in [2.05, 4.69) is 25.7 Å². The number of hydrogen-bond acceptors (Lipinski definition) is 7. The number of aromatic amines is 1. The zero-order valence-electron chi connectivity index (χ0n) is 12.3. The average Bonchev–Trinajstić information content (AvgIpc) is 3.20. The highest BCUT2D eigenvalue weighted by Crippen LogP contribution is 2.23. The van der Waals surface area contributed by atoms with Crippen molar-refractivity contribution >= 4 is 34.1 Å². The molecule has 0 unspecified atom stereocenters. The molecule has 0 saturated heterocycles. The summed E-state index contributed by atoms with van der Waals surface area (Å²) in [7, 11) is 0. The molecule has 3 rings (SSSR count). The van der Waals surface area contributed by atoms with Gasteiger partial charge in [-0.15, -0.1) is 10.2 Å². The Morgan fingerprint density at radius 2 is 2.12 bits per heavy atom. The van der Waals surface area contributed by atoms with Gasteiger partial charge in [-0.3, -0.25) is 9.89 Å². The van der Waals surface area contributed by atoms with Crippen molar-refractivity contribution in [2.75, 3.05) is 11.5 Å². The first kappa shape index (κ1) is 16.4. The van der Waals surface area contributed by atoms with Gasteiger partial charge in [0.15, 0.2) is 4.34 Å². The molecule has 0 saturated carbocycles. The van der Waals surface area contributed by atoms with Crippen molar-refractivity contribution in [1.82, 2.24) is 25.7 Å². The van der Waals surface area contributed by atoms with Crippen molar-refractivity contribution in [3.05, 3.63) is 41.8 Å². The third-order valence-electron chi connectivity index (χ3n) is 3.08. The van der Waals surface area contributed by atoms with E-state index >= 15 is 0 Å². The lowest BCUT2D eigenvalue weighted by molar-refractivity contribution is -0.118. The summed E-state index contributed by atoms with van der Waals surface area (Å²) in [4.78, 5) is 11.9. The molecule has 1 amide bonds. The number of benzene rings is 1. The smallest absolute Gasteiger partial charge is 0.230 e. The molecule has 0 aliphatic carbocycles. The summed E-state index contributed by atoms with van der Waals surface area (Å²) < 4.78 is 13.7. The fourth-order valence-corrected chi connectivity index (χ4v) is 3.43. The second kappa shape index (κ2) is 7.41. The quantitative estimate of drug-likeness (QED) is 0.578. The first-order valence-electron chi connectivity index (χ1n) is 6.88.